The van der Waals surface area contributed by atoms with Gasteiger partial charge in [-0.2, -0.15) is 0 Å². The van der Waals surface area contributed by atoms with Crippen LogP contribution in [0, 0.1) is 11.8 Å². The lowest BCUT2D eigenvalue weighted by molar-refractivity contribution is -0.0852. The molecule has 102 valence electrons. The van der Waals surface area contributed by atoms with Crippen LogP contribution in [0.1, 0.15) is 25.7 Å². The van der Waals surface area contributed by atoms with Crippen molar-refractivity contribution in [3.8, 4) is 0 Å². The Morgan fingerprint density at radius 1 is 1.28 bits per heavy atom. The smallest absolute Gasteiger partial charge is 0.0780 e. The molecular weight excluding hydrogens is 226 g/mol. The van der Waals surface area contributed by atoms with E-state index in [2.05, 4.69) is 11.5 Å². The molecule has 2 saturated carbocycles. The number of rotatable bonds is 6. The van der Waals surface area contributed by atoms with E-state index in [1.807, 2.05) is 6.08 Å². The fourth-order valence-corrected chi connectivity index (χ4v) is 3.48. The Balaban J connectivity index is 1.53. The highest BCUT2D eigenvalue weighted by molar-refractivity contribution is 4.96. The topological polar surface area (TPSA) is 21.7 Å². The highest BCUT2D eigenvalue weighted by Gasteiger charge is 2.43. The first kappa shape index (κ1) is 12.6. The van der Waals surface area contributed by atoms with Gasteiger partial charge in [-0.1, -0.05) is 6.08 Å². The van der Waals surface area contributed by atoms with Crippen molar-refractivity contribution >= 4 is 0 Å². The summed E-state index contributed by atoms with van der Waals surface area (Å²) in [4.78, 5) is 2.69. The highest BCUT2D eigenvalue weighted by Crippen LogP contribution is 2.38. The average molecular weight is 251 g/mol. The van der Waals surface area contributed by atoms with Crippen LogP contribution in [0.5, 0.6) is 0 Å². The van der Waals surface area contributed by atoms with Gasteiger partial charge < -0.3 is 9.47 Å². The summed E-state index contributed by atoms with van der Waals surface area (Å²) in [6.07, 6.45) is 7.68. The van der Waals surface area contributed by atoms with E-state index in [1.54, 1.807) is 0 Å². The Labute approximate surface area is 110 Å². The Morgan fingerprint density at radius 3 is 2.94 bits per heavy atom. The second kappa shape index (κ2) is 5.72. The van der Waals surface area contributed by atoms with Crippen molar-refractivity contribution in [1.82, 2.24) is 4.90 Å². The highest BCUT2D eigenvalue weighted by atomic mass is 16.5. The van der Waals surface area contributed by atoms with Crippen molar-refractivity contribution in [1.29, 1.82) is 0 Å². The summed E-state index contributed by atoms with van der Waals surface area (Å²) >= 11 is 0. The van der Waals surface area contributed by atoms with Gasteiger partial charge in [-0.25, -0.2) is 0 Å². The maximum Gasteiger partial charge on any atom is 0.0780 e. The normalized spacial score (nSPS) is 36.6. The molecule has 0 spiro atoms. The van der Waals surface area contributed by atoms with Crippen molar-refractivity contribution in [3.05, 3.63) is 12.7 Å². The van der Waals surface area contributed by atoms with Crippen LogP contribution >= 0.6 is 0 Å². The van der Waals surface area contributed by atoms with Crippen LogP contribution in [-0.4, -0.2) is 50.0 Å². The molecule has 0 bridgehead atoms. The third-order valence-corrected chi connectivity index (χ3v) is 4.59. The summed E-state index contributed by atoms with van der Waals surface area (Å²) in [5.74, 6) is 1.58. The summed E-state index contributed by atoms with van der Waals surface area (Å²) in [6.45, 7) is 8.55. The molecule has 2 aliphatic carbocycles. The SMILES string of the molecule is C=CCOC[C@@H]1CC[C@H]2[C@@H]1OCCN2CC1CC1. The molecule has 3 heteroatoms. The third kappa shape index (κ3) is 2.79. The monoisotopic (exact) mass is 251 g/mol. The van der Waals surface area contributed by atoms with E-state index >= 15 is 0 Å². The van der Waals surface area contributed by atoms with Crippen LogP contribution in [0.3, 0.4) is 0 Å². The molecule has 3 atom stereocenters. The van der Waals surface area contributed by atoms with Gasteiger partial charge in [-0.3, -0.25) is 4.90 Å². The van der Waals surface area contributed by atoms with Gasteiger partial charge in [0.2, 0.25) is 0 Å². The lowest BCUT2D eigenvalue weighted by Gasteiger charge is -2.39. The fraction of sp³-hybridized carbons (Fsp3) is 0.867. The van der Waals surface area contributed by atoms with E-state index < -0.39 is 0 Å². The molecule has 0 unspecified atom stereocenters. The van der Waals surface area contributed by atoms with E-state index in [0.717, 1.165) is 25.7 Å². The maximum atomic E-state index is 6.03. The number of hydrogen-bond donors (Lipinski definition) is 0. The predicted octanol–water partition coefficient (Wildman–Crippen LogP) is 2.08. The molecule has 3 aliphatic rings. The lowest BCUT2D eigenvalue weighted by atomic mass is 10.0. The second-order valence-corrected chi connectivity index (χ2v) is 6.00. The van der Waals surface area contributed by atoms with Crippen molar-refractivity contribution in [3.63, 3.8) is 0 Å². The fourth-order valence-electron chi connectivity index (χ4n) is 3.48. The minimum Gasteiger partial charge on any atom is -0.377 e. The molecule has 0 amide bonds. The van der Waals surface area contributed by atoms with Crippen LogP contribution in [0.2, 0.25) is 0 Å². The molecule has 1 aliphatic heterocycles. The van der Waals surface area contributed by atoms with Crippen molar-refractivity contribution < 1.29 is 9.47 Å². The van der Waals surface area contributed by atoms with Crippen LogP contribution in [0.15, 0.2) is 12.7 Å². The van der Waals surface area contributed by atoms with Gasteiger partial charge in [-0.05, 0) is 31.6 Å². The van der Waals surface area contributed by atoms with E-state index in [0.29, 0.717) is 24.7 Å². The Kier molecular flexibility index (Phi) is 4.02. The van der Waals surface area contributed by atoms with Crippen molar-refractivity contribution in [2.75, 3.05) is 32.9 Å². The number of morpholine rings is 1. The Morgan fingerprint density at radius 2 is 2.17 bits per heavy atom. The van der Waals surface area contributed by atoms with Crippen LogP contribution < -0.4 is 0 Å². The molecule has 0 aromatic carbocycles. The minimum absolute atomic E-state index is 0.419. The van der Waals surface area contributed by atoms with Gasteiger partial charge in [0.25, 0.3) is 0 Å². The molecule has 3 rings (SSSR count). The number of hydrogen-bond acceptors (Lipinski definition) is 3. The van der Waals surface area contributed by atoms with Gasteiger partial charge in [-0.15, -0.1) is 6.58 Å². The zero-order valence-electron chi connectivity index (χ0n) is 11.2. The van der Waals surface area contributed by atoms with Gasteiger partial charge in [0.1, 0.15) is 0 Å². The molecular formula is C15H25NO2. The van der Waals surface area contributed by atoms with E-state index in [-0.39, 0.29) is 0 Å². The van der Waals surface area contributed by atoms with E-state index in [1.165, 1.54) is 32.2 Å². The van der Waals surface area contributed by atoms with Gasteiger partial charge in [0, 0.05) is 25.0 Å². The molecule has 3 fully saturated rings. The summed E-state index contributed by atoms with van der Waals surface area (Å²) in [6, 6.07) is 0.664. The van der Waals surface area contributed by atoms with Crippen LogP contribution in [0.4, 0.5) is 0 Å². The molecule has 3 nitrogen and oxygen atoms in total. The summed E-state index contributed by atoms with van der Waals surface area (Å²) in [5, 5.41) is 0. The summed E-state index contributed by atoms with van der Waals surface area (Å²) < 4.78 is 11.7. The Hall–Kier alpha value is -0.380. The van der Waals surface area contributed by atoms with Gasteiger partial charge in [0.05, 0.1) is 25.9 Å². The van der Waals surface area contributed by atoms with Gasteiger partial charge in [0.15, 0.2) is 0 Å². The molecule has 0 radical (unpaired) electrons. The molecule has 1 saturated heterocycles. The first-order valence-electron chi connectivity index (χ1n) is 7.43. The molecule has 0 N–H and O–H groups in total. The summed E-state index contributed by atoms with van der Waals surface area (Å²) in [7, 11) is 0. The van der Waals surface area contributed by atoms with Gasteiger partial charge >= 0.3 is 0 Å². The van der Waals surface area contributed by atoms with Crippen molar-refractivity contribution in [2.24, 2.45) is 11.8 Å². The predicted molar refractivity (Wildman–Crippen MR) is 71.6 cm³/mol. The number of fused-ring (bicyclic) bond motifs is 1. The average Bonchev–Trinajstić information content (AvgIpc) is 3.10. The Bertz CT molecular complexity index is 290. The largest absolute Gasteiger partial charge is 0.377 e. The zero-order chi connectivity index (χ0) is 12.4. The van der Waals surface area contributed by atoms with Crippen molar-refractivity contribution in [2.45, 2.75) is 37.8 Å². The molecule has 0 aromatic rings. The zero-order valence-corrected chi connectivity index (χ0v) is 11.2. The van der Waals surface area contributed by atoms with E-state index in [4.69, 9.17) is 9.47 Å². The van der Waals surface area contributed by atoms with Crippen LogP contribution in [0.25, 0.3) is 0 Å². The first-order chi connectivity index (χ1) is 8.88. The number of nitrogens with zero attached hydrogens (tertiary/aromatic N) is 1. The minimum atomic E-state index is 0.419. The summed E-state index contributed by atoms with van der Waals surface area (Å²) in [5.41, 5.74) is 0. The third-order valence-electron chi connectivity index (χ3n) is 4.59. The standard InChI is InChI=1S/C15H25NO2/c1-2-8-17-11-13-5-6-14-15(13)18-9-7-16(14)10-12-3-4-12/h2,12-15H,1,3-11H2/t13-,14-,15+/m0/s1. The maximum absolute atomic E-state index is 6.03. The molecule has 0 aromatic heterocycles. The number of ether oxygens (including phenoxy) is 2. The van der Waals surface area contributed by atoms with E-state index in [9.17, 15) is 0 Å². The molecule has 18 heavy (non-hydrogen) atoms. The molecule has 1 heterocycles. The lowest BCUT2D eigenvalue weighted by Crippen LogP contribution is -2.51. The first-order valence-corrected chi connectivity index (χ1v) is 7.43. The quantitative estimate of drug-likeness (QED) is 0.533. The van der Waals surface area contributed by atoms with Crippen LogP contribution in [-0.2, 0) is 9.47 Å². The second-order valence-electron chi connectivity index (χ2n) is 6.00.